The fraction of sp³-hybridized carbons (Fsp3) is 0.188. The molecule has 0 bridgehead atoms. The summed E-state index contributed by atoms with van der Waals surface area (Å²) in [5.74, 6) is 0.868. The van der Waals surface area contributed by atoms with E-state index in [4.69, 9.17) is 4.42 Å². The van der Waals surface area contributed by atoms with Crippen LogP contribution >= 0.6 is 15.9 Å². The largest absolute Gasteiger partial charge is 0.459 e. The van der Waals surface area contributed by atoms with E-state index in [1.54, 1.807) is 6.20 Å². The normalized spacial score (nSPS) is 12.8. The summed E-state index contributed by atoms with van der Waals surface area (Å²) in [4.78, 5) is 4.44. The van der Waals surface area contributed by atoms with Crippen molar-refractivity contribution in [2.75, 3.05) is 7.05 Å². The minimum Gasteiger partial charge on any atom is -0.459 e. The van der Waals surface area contributed by atoms with Gasteiger partial charge in [-0.1, -0.05) is 11.6 Å². The first kappa shape index (κ1) is 13.3. The summed E-state index contributed by atoms with van der Waals surface area (Å²) in [6, 6.07) is 12.1. The van der Waals surface area contributed by atoms with Crippen LogP contribution < -0.4 is 5.32 Å². The molecule has 1 unspecified atom stereocenters. The number of pyridine rings is 1. The zero-order valence-corrected chi connectivity index (χ0v) is 12.9. The Hall–Kier alpha value is -1.65. The quantitative estimate of drug-likeness (QED) is 0.781. The minimum absolute atomic E-state index is 0.0710. The molecule has 1 N–H and O–H groups in total. The molecule has 0 amide bonds. The van der Waals surface area contributed by atoms with Crippen molar-refractivity contribution >= 4 is 26.9 Å². The van der Waals surface area contributed by atoms with Crippen molar-refractivity contribution in [3.8, 4) is 0 Å². The van der Waals surface area contributed by atoms with Crippen LogP contribution in [0.2, 0.25) is 0 Å². The third-order valence-corrected chi connectivity index (χ3v) is 3.99. The molecular formula is C16H15BrN2O. The summed E-state index contributed by atoms with van der Waals surface area (Å²) in [5, 5.41) is 4.38. The highest BCUT2D eigenvalue weighted by molar-refractivity contribution is 9.10. The predicted octanol–water partition coefficient (Wildman–Crippen LogP) is 4.21. The Morgan fingerprint density at radius 3 is 2.85 bits per heavy atom. The second kappa shape index (κ2) is 5.38. The predicted molar refractivity (Wildman–Crippen MR) is 83.8 cm³/mol. The summed E-state index contributed by atoms with van der Waals surface area (Å²) >= 11 is 3.55. The number of nitrogens with zero attached hydrogens (tertiary/aromatic N) is 1. The average molecular weight is 331 g/mol. The lowest BCUT2D eigenvalue weighted by atomic mass is 10.1. The van der Waals surface area contributed by atoms with Crippen LogP contribution in [0.5, 0.6) is 0 Å². The highest BCUT2D eigenvalue weighted by atomic mass is 79.9. The number of hydrogen-bond donors (Lipinski definition) is 1. The van der Waals surface area contributed by atoms with Crippen molar-refractivity contribution in [3.05, 3.63) is 64.1 Å². The summed E-state index contributed by atoms with van der Waals surface area (Å²) < 4.78 is 6.93. The molecule has 102 valence electrons. The van der Waals surface area contributed by atoms with Gasteiger partial charge in [0.05, 0.1) is 5.69 Å². The zero-order chi connectivity index (χ0) is 14.1. The molecule has 0 radical (unpaired) electrons. The van der Waals surface area contributed by atoms with Crippen LogP contribution in [0.1, 0.15) is 23.1 Å². The van der Waals surface area contributed by atoms with Gasteiger partial charge < -0.3 is 9.73 Å². The molecule has 1 aromatic carbocycles. The van der Waals surface area contributed by atoms with Gasteiger partial charge in [-0.05, 0) is 60.2 Å². The molecule has 0 aliphatic rings. The van der Waals surface area contributed by atoms with Gasteiger partial charge in [0.1, 0.15) is 17.4 Å². The second-order valence-electron chi connectivity index (χ2n) is 4.78. The number of aromatic nitrogens is 1. The molecule has 20 heavy (non-hydrogen) atoms. The Labute approximate surface area is 126 Å². The Bertz CT molecular complexity index is 751. The molecule has 0 spiro atoms. The van der Waals surface area contributed by atoms with Gasteiger partial charge in [0.25, 0.3) is 0 Å². The van der Waals surface area contributed by atoms with Gasteiger partial charge in [0, 0.05) is 16.1 Å². The van der Waals surface area contributed by atoms with Gasteiger partial charge in [0.2, 0.25) is 0 Å². The van der Waals surface area contributed by atoms with Crippen LogP contribution in [-0.2, 0) is 0 Å². The molecule has 0 fully saturated rings. The van der Waals surface area contributed by atoms with Crippen molar-refractivity contribution < 1.29 is 4.42 Å². The summed E-state index contributed by atoms with van der Waals surface area (Å²) in [6.45, 7) is 2.08. The lowest BCUT2D eigenvalue weighted by Gasteiger charge is -2.14. The number of benzene rings is 1. The van der Waals surface area contributed by atoms with Crippen LogP contribution in [-0.4, -0.2) is 12.0 Å². The van der Waals surface area contributed by atoms with Crippen LogP contribution in [0.4, 0.5) is 0 Å². The first-order valence-corrected chi connectivity index (χ1v) is 7.26. The lowest BCUT2D eigenvalue weighted by Crippen LogP contribution is -2.18. The maximum atomic E-state index is 5.96. The van der Waals surface area contributed by atoms with E-state index in [1.807, 2.05) is 25.2 Å². The number of halogens is 1. The highest BCUT2D eigenvalue weighted by Crippen LogP contribution is 2.30. The van der Waals surface area contributed by atoms with Crippen LogP contribution in [0.3, 0.4) is 0 Å². The van der Waals surface area contributed by atoms with Gasteiger partial charge in [-0.2, -0.15) is 0 Å². The van der Waals surface area contributed by atoms with Gasteiger partial charge >= 0.3 is 0 Å². The molecule has 3 aromatic rings. The number of furan rings is 1. The van der Waals surface area contributed by atoms with E-state index in [-0.39, 0.29) is 6.04 Å². The summed E-state index contributed by atoms with van der Waals surface area (Å²) in [5.41, 5.74) is 3.05. The zero-order valence-electron chi connectivity index (χ0n) is 11.4. The number of aryl methyl sites for hydroxylation is 1. The van der Waals surface area contributed by atoms with Crippen LogP contribution in [0, 0.1) is 6.92 Å². The van der Waals surface area contributed by atoms with Crippen molar-refractivity contribution in [1.82, 2.24) is 10.3 Å². The molecule has 0 aliphatic carbocycles. The molecule has 3 rings (SSSR count). The first-order valence-electron chi connectivity index (χ1n) is 6.47. The van der Waals surface area contributed by atoms with Crippen LogP contribution in [0.25, 0.3) is 11.0 Å². The Morgan fingerprint density at radius 1 is 1.25 bits per heavy atom. The molecular weight excluding hydrogens is 316 g/mol. The topological polar surface area (TPSA) is 38.1 Å². The molecule has 2 aromatic heterocycles. The standard InChI is InChI=1S/C16H15BrN2O/c1-10-5-6-13-11(8-10)9-14(20-13)16(18-2)15-12(17)4-3-7-19-15/h3-9,16,18H,1-2H3. The van der Waals surface area contributed by atoms with E-state index in [2.05, 4.69) is 51.4 Å². The van der Waals surface area contributed by atoms with Gasteiger partial charge in [-0.3, -0.25) is 4.98 Å². The van der Waals surface area contributed by atoms with Crippen molar-refractivity contribution in [2.45, 2.75) is 13.0 Å². The van der Waals surface area contributed by atoms with Crippen molar-refractivity contribution in [1.29, 1.82) is 0 Å². The van der Waals surface area contributed by atoms with Gasteiger partial charge in [-0.25, -0.2) is 0 Å². The van der Waals surface area contributed by atoms with Crippen molar-refractivity contribution in [3.63, 3.8) is 0 Å². The van der Waals surface area contributed by atoms with E-state index in [1.165, 1.54) is 5.56 Å². The Kier molecular flexibility index (Phi) is 3.59. The molecule has 3 nitrogen and oxygen atoms in total. The fourth-order valence-electron chi connectivity index (χ4n) is 2.35. The third-order valence-electron chi connectivity index (χ3n) is 3.32. The monoisotopic (exact) mass is 330 g/mol. The Balaban J connectivity index is 2.10. The maximum absolute atomic E-state index is 5.96. The molecule has 1 atom stereocenters. The third kappa shape index (κ3) is 2.37. The number of fused-ring (bicyclic) bond motifs is 1. The molecule has 2 heterocycles. The van der Waals surface area contributed by atoms with Crippen LogP contribution in [0.15, 0.2) is 51.5 Å². The van der Waals surface area contributed by atoms with E-state index in [0.29, 0.717) is 0 Å². The van der Waals surface area contributed by atoms with Gasteiger partial charge in [-0.15, -0.1) is 0 Å². The summed E-state index contributed by atoms with van der Waals surface area (Å²) in [6.07, 6.45) is 1.79. The fourth-order valence-corrected chi connectivity index (χ4v) is 2.83. The molecule has 4 heteroatoms. The van der Waals surface area contributed by atoms with E-state index < -0.39 is 0 Å². The SMILES string of the molecule is CNC(c1cc2cc(C)ccc2o1)c1ncccc1Br. The second-order valence-corrected chi connectivity index (χ2v) is 5.64. The van der Waals surface area contributed by atoms with Crippen molar-refractivity contribution in [2.24, 2.45) is 0 Å². The summed E-state index contributed by atoms with van der Waals surface area (Å²) in [7, 11) is 1.91. The number of nitrogens with one attached hydrogen (secondary N) is 1. The molecule has 0 saturated carbocycles. The minimum atomic E-state index is -0.0710. The molecule has 0 aliphatic heterocycles. The van der Waals surface area contributed by atoms with E-state index in [9.17, 15) is 0 Å². The average Bonchev–Trinajstić information content (AvgIpc) is 2.84. The highest BCUT2D eigenvalue weighted by Gasteiger charge is 2.20. The lowest BCUT2D eigenvalue weighted by molar-refractivity contribution is 0.485. The van der Waals surface area contributed by atoms with E-state index in [0.717, 1.165) is 26.9 Å². The van der Waals surface area contributed by atoms with E-state index >= 15 is 0 Å². The smallest absolute Gasteiger partial charge is 0.134 e. The molecule has 0 saturated heterocycles. The number of hydrogen-bond acceptors (Lipinski definition) is 3. The number of rotatable bonds is 3. The first-order chi connectivity index (χ1) is 9.69. The Morgan fingerprint density at radius 2 is 2.10 bits per heavy atom. The maximum Gasteiger partial charge on any atom is 0.134 e. The van der Waals surface area contributed by atoms with Gasteiger partial charge in [0.15, 0.2) is 0 Å².